The first-order valence-corrected chi connectivity index (χ1v) is 9.59. The second-order valence-electron chi connectivity index (χ2n) is 5.23. The molecule has 1 atom stereocenters. The van der Waals surface area contributed by atoms with Gasteiger partial charge in [0.2, 0.25) is 10.0 Å². The summed E-state index contributed by atoms with van der Waals surface area (Å²) in [6.07, 6.45) is 0.642. The van der Waals surface area contributed by atoms with Crippen molar-refractivity contribution in [1.82, 2.24) is 4.72 Å². The van der Waals surface area contributed by atoms with Crippen molar-refractivity contribution in [2.75, 3.05) is 7.11 Å². The molecule has 0 saturated carbocycles. The molecule has 0 aliphatic rings. The van der Waals surface area contributed by atoms with Crippen molar-refractivity contribution in [3.8, 4) is 5.75 Å². The highest BCUT2D eigenvalue weighted by atomic mass is 79.9. The lowest BCUT2D eigenvalue weighted by atomic mass is 10.1. The van der Waals surface area contributed by atoms with Gasteiger partial charge in [0.05, 0.1) is 12.0 Å². The zero-order valence-corrected chi connectivity index (χ0v) is 15.7. The quantitative estimate of drug-likeness (QED) is 0.799. The molecule has 124 valence electrons. The summed E-state index contributed by atoms with van der Waals surface area (Å²) in [5.41, 5.74) is 1.63. The fraction of sp³-hybridized carbons (Fsp3) is 0.294. The highest BCUT2D eigenvalue weighted by molar-refractivity contribution is 9.10. The fourth-order valence-electron chi connectivity index (χ4n) is 2.36. The highest BCUT2D eigenvalue weighted by Gasteiger charge is 2.21. The number of aryl methyl sites for hydroxylation is 1. The number of hydrogen-bond donors (Lipinski definition) is 1. The second-order valence-corrected chi connectivity index (χ2v) is 7.82. The summed E-state index contributed by atoms with van der Waals surface area (Å²) in [6, 6.07) is 12.2. The monoisotopic (exact) mass is 397 g/mol. The van der Waals surface area contributed by atoms with Gasteiger partial charge in [-0.25, -0.2) is 13.1 Å². The van der Waals surface area contributed by atoms with Gasteiger partial charge < -0.3 is 4.74 Å². The van der Waals surface area contributed by atoms with E-state index in [-0.39, 0.29) is 6.04 Å². The van der Waals surface area contributed by atoms with Crippen LogP contribution < -0.4 is 9.46 Å². The van der Waals surface area contributed by atoms with Gasteiger partial charge in [-0.05, 0) is 54.8 Å². The minimum atomic E-state index is -3.60. The lowest BCUT2D eigenvalue weighted by Gasteiger charge is -2.17. The summed E-state index contributed by atoms with van der Waals surface area (Å²) < 4.78 is 34.2. The van der Waals surface area contributed by atoms with Crippen molar-refractivity contribution in [2.45, 2.75) is 31.2 Å². The molecule has 0 spiro atoms. The molecule has 2 rings (SSSR count). The Morgan fingerprint density at radius 2 is 1.96 bits per heavy atom. The number of halogens is 1. The Morgan fingerprint density at radius 1 is 1.22 bits per heavy atom. The van der Waals surface area contributed by atoms with E-state index in [1.165, 1.54) is 0 Å². The molecule has 2 aromatic rings. The van der Waals surface area contributed by atoms with Gasteiger partial charge in [0, 0.05) is 10.5 Å². The van der Waals surface area contributed by atoms with E-state index in [0.29, 0.717) is 17.1 Å². The van der Waals surface area contributed by atoms with Gasteiger partial charge >= 0.3 is 0 Å². The van der Waals surface area contributed by atoms with Crippen LogP contribution in [0, 0.1) is 0 Å². The molecule has 2 aromatic carbocycles. The van der Waals surface area contributed by atoms with E-state index in [9.17, 15) is 8.42 Å². The van der Waals surface area contributed by atoms with Crippen LogP contribution in [0.4, 0.5) is 0 Å². The van der Waals surface area contributed by atoms with Crippen LogP contribution >= 0.6 is 15.9 Å². The normalized spacial score (nSPS) is 12.9. The molecule has 0 amide bonds. The first-order valence-electron chi connectivity index (χ1n) is 7.32. The van der Waals surface area contributed by atoms with Gasteiger partial charge in [-0.15, -0.1) is 0 Å². The molecular weight excluding hydrogens is 378 g/mol. The largest absolute Gasteiger partial charge is 0.497 e. The Kier molecular flexibility index (Phi) is 5.84. The van der Waals surface area contributed by atoms with Crippen LogP contribution in [0.1, 0.15) is 31.0 Å². The molecule has 6 heteroatoms. The highest BCUT2D eigenvalue weighted by Crippen LogP contribution is 2.24. The number of ether oxygens (including phenoxy) is 1. The van der Waals surface area contributed by atoms with E-state index in [1.807, 2.05) is 44.2 Å². The van der Waals surface area contributed by atoms with Gasteiger partial charge in [-0.1, -0.05) is 35.0 Å². The van der Waals surface area contributed by atoms with Gasteiger partial charge in [0.25, 0.3) is 0 Å². The average molecular weight is 398 g/mol. The van der Waals surface area contributed by atoms with Crippen molar-refractivity contribution in [3.05, 3.63) is 58.1 Å². The van der Waals surface area contributed by atoms with Crippen LogP contribution in [0.3, 0.4) is 0 Å². The molecule has 0 saturated heterocycles. The van der Waals surface area contributed by atoms with Gasteiger partial charge in [0.1, 0.15) is 5.75 Å². The minimum Gasteiger partial charge on any atom is -0.497 e. The summed E-state index contributed by atoms with van der Waals surface area (Å²) in [4.78, 5) is 0.318. The topological polar surface area (TPSA) is 55.4 Å². The van der Waals surface area contributed by atoms with Crippen LogP contribution in [-0.2, 0) is 16.4 Å². The molecule has 0 heterocycles. The Balaban J connectivity index is 2.30. The van der Waals surface area contributed by atoms with Crippen molar-refractivity contribution in [1.29, 1.82) is 0 Å². The summed E-state index contributed by atoms with van der Waals surface area (Å²) >= 11 is 3.38. The molecule has 0 fully saturated rings. The van der Waals surface area contributed by atoms with E-state index < -0.39 is 10.0 Å². The SMILES string of the molecule is CCc1cc(Br)ccc1S(=O)(=O)N[C@H](C)c1cccc(OC)c1. The van der Waals surface area contributed by atoms with Crippen molar-refractivity contribution >= 4 is 26.0 Å². The standard InChI is InChI=1S/C17H20BrNO3S/c1-4-13-10-15(18)8-9-17(13)23(20,21)19-12(2)14-6-5-7-16(11-14)22-3/h5-12,19H,4H2,1-3H3/t12-/m1/s1. The number of benzene rings is 2. The molecule has 0 aliphatic heterocycles. The predicted octanol–water partition coefficient (Wildman–Crippen LogP) is 4.06. The molecule has 23 heavy (non-hydrogen) atoms. The molecule has 0 radical (unpaired) electrons. The fourth-order valence-corrected chi connectivity index (χ4v) is 4.29. The van der Waals surface area contributed by atoms with E-state index in [0.717, 1.165) is 15.6 Å². The maximum absolute atomic E-state index is 12.7. The van der Waals surface area contributed by atoms with Crippen LogP contribution in [0.15, 0.2) is 51.8 Å². The van der Waals surface area contributed by atoms with Gasteiger partial charge in [-0.2, -0.15) is 0 Å². The lowest BCUT2D eigenvalue weighted by Crippen LogP contribution is -2.27. The number of sulfonamides is 1. The summed E-state index contributed by atoms with van der Waals surface area (Å²) in [6.45, 7) is 3.75. The molecular formula is C17H20BrNO3S. The summed E-state index contributed by atoms with van der Waals surface area (Å²) in [5, 5.41) is 0. The summed E-state index contributed by atoms with van der Waals surface area (Å²) in [7, 11) is -2.01. The first-order chi connectivity index (χ1) is 10.9. The molecule has 0 aromatic heterocycles. The van der Waals surface area contributed by atoms with E-state index >= 15 is 0 Å². The van der Waals surface area contributed by atoms with E-state index in [2.05, 4.69) is 20.7 Å². The molecule has 0 bridgehead atoms. The third kappa shape index (κ3) is 4.34. The van der Waals surface area contributed by atoms with Gasteiger partial charge in [-0.3, -0.25) is 0 Å². The van der Waals surface area contributed by atoms with Crippen molar-refractivity contribution < 1.29 is 13.2 Å². The Labute approximate surface area is 146 Å². The maximum Gasteiger partial charge on any atom is 0.241 e. The zero-order chi connectivity index (χ0) is 17.0. The van der Waals surface area contributed by atoms with Crippen molar-refractivity contribution in [2.24, 2.45) is 0 Å². The Bertz CT molecular complexity index is 790. The van der Waals surface area contributed by atoms with Gasteiger partial charge in [0.15, 0.2) is 0 Å². The molecule has 0 unspecified atom stereocenters. The number of hydrogen-bond acceptors (Lipinski definition) is 3. The van der Waals surface area contributed by atoms with Crippen LogP contribution in [0.25, 0.3) is 0 Å². The lowest BCUT2D eigenvalue weighted by molar-refractivity contribution is 0.413. The van der Waals surface area contributed by atoms with E-state index in [1.54, 1.807) is 19.2 Å². The summed E-state index contributed by atoms with van der Waals surface area (Å²) in [5.74, 6) is 0.700. The Morgan fingerprint density at radius 3 is 2.61 bits per heavy atom. The smallest absolute Gasteiger partial charge is 0.241 e. The van der Waals surface area contributed by atoms with Crippen LogP contribution in [0.5, 0.6) is 5.75 Å². The van der Waals surface area contributed by atoms with Crippen LogP contribution in [-0.4, -0.2) is 15.5 Å². The van der Waals surface area contributed by atoms with E-state index in [4.69, 9.17) is 4.74 Å². The number of rotatable bonds is 6. The second kappa shape index (κ2) is 7.47. The maximum atomic E-state index is 12.7. The third-order valence-electron chi connectivity index (χ3n) is 3.62. The average Bonchev–Trinajstić information content (AvgIpc) is 2.54. The predicted molar refractivity (Wildman–Crippen MR) is 95.3 cm³/mol. The molecule has 4 nitrogen and oxygen atoms in total. The van der Waals surface area contributed by atoms with Crippen LogP contribution in [0.2, 0.25) is 0 Å². The minimum absolute atomic E-state index is 0.318. The van der Waals surface area contributed by atoms with Crippen molar-refractivity contribution in [3.63, 3.8) is 0 Å². The third-order valence-corrected chi connectivity index (χ3v) is 5.75. The number of methoxy groups -OCH3 is 1. The molecule has 1 N–H and O–H groups in total. The first kappa shape index (κ1) is 18.0. The zero-order valence-electron chi connectivity index (χ0n) is 13.3. The number of nitrogens with one attached hydrogen (secondary N) is 1. The Hall–Kier alpha value is -1.37. The molecule has 0 aliphatic carbocycles.